The van der Waals surface area contributed by atoms with Crippen molar-refractivity contribution in [3.63, 3.8) is 0 Å². The van der Waals surface area contributed by atoms with Crippen LogP contribution in [-0.2, 0) is 16.1 Å². The van der Waals surface area contributed by atoms with Crippen LogP contribution < -0.4 is 5.32 Å². The van der Waals surface area contributed by atoms with Crippen molar-refractivity contribution in [2.75, 3.05) is 0 Å². The molecule has 0 unspecified atom stereocenters. The Balaban J connectivity index is 1.88. The molecule has 1 aromatic rings. The minimum absolute atomic E-state index is 0.0578. The van der Waals surface area contributed by atoms with E-state index in [9.17, 15) is 14.4 Å². The maximum absolute atomic E-state index is 12.6. The van der Waals surface area contributed by atoms with Crippen LogP contribution in [0.1, 0.15) is 31.4 Å². The molecule has 7 nitrogen and oxygen atoms in total. The minimum Gasteiger partial charge on any atom is -0.277 e. The summed E-state index contributed by atoms with van der Waals surface area (Å²) < 4.78 is 0. The van der Waals surface area contributed by atoms with Crippen LogP contribution in [0.25, 0.3) is 0 Å². The van der Waals surface area contributed by atoms with Gasteiger partial charge in [0.05, 0.1) is 12.2 Å². The molecule has 1 saturated heterocycles. The Morgan fingerprint density at radius 2 is 2.00 bits per heavy atom. The number of rotatable bonds is 2. The summed E-state index contributed by atoms with van der Waals surface area (Å²) in [5.74, 6) is -0.855. The van der Waals surface area contributed by atoms with Crippen molar-refractivity contribution >= 4 is 17.8 Å². The quantitative estimate of drug-likeness (QED) is 0.798. The van der Waals surface area contributed by atoms with Gasteiger partial charge in [-0.15, -0.1) is 0 Å². The maximum Gasteiger partial charge on any atom is 0.331 e. The fourth-order valence-electron chi connectivity index (χ4n) is 2.87. The van der Waals surface area contributed by atoms with Gasteiger partial charge in [0.25, 0.3) is 0 Å². The normalized spacial score (nSPS) is 21.4. The highest BCUT2D eigenvalue weighted by molar-refractivity contribution is 6.19. The van der Waals surface area contributed by atoms with Gasteiger partial charge < -0.3 is 0 Å². The van der Waals surface area contributed by atoms with Crippen LogP contribution in [0.15, 0.2) is 18.6 Å². The number of hydrogen-bond donors (Lipinski definition) is 1. The third kappa shape index (κ3) is 1.86. The van der Waals surface area contributed by atoms with E-state index in [4.69, 9.17) is 0 Å². The molecule has 0 atom stereocenters. The van der Waals surface area contributed by atoms with E-state index < -0.39 is 23.3 Å². The van der Waals surface area contributed by atoms with E-state index in [1.807, 2.05) is 0 Å². The van der Waals surface area contributed by atoms with Crippen molar-refractivity contribution in [3.05, 3.63) is 24.3 Å². The van der Waals surface area contributed by atoms with Crippen LogP contribution in [0, 0.1) is 5.41 Å². The van der Waals surface area contributed by atoms with E-state index in [-0.39, 0.29) is 6.54 Å². The molecule has 1 aromatic heterocycles. The van der Waals surface area contributed by atoms with Crippen LogP contribution in [0.2, 0.25) is 0 Å². The van der Waals surface area contributed by atoms with Gasteiger partial charge in [-0.2, -0.15) is 0 Å². The Kier molecular flexibility index (Phi) is 2.96. The number of carbonyl (C=O) groups excluding carboxylic acids is 3. The van der Waals surface area contributed by atoms with Gasteiger partial charge in [0.1, 0.15) is 11.7 Å². The number of hydrogen-bond acceptors (Lipinski definition) is 5. The second kappa shape index (κ2) is 4.66. The second-order valence-electron chi connectivity index (χ2n) is 5.14. The number of aromatic nitrogens is 2. The van der Waals surface area contributed by atoms with E-state index in [1.54, 1.807) is 12.3 Å². The molecule has 2 fully saturated rings. The lowest BCUT2D eigenvalue weighted by Gasteiger charge is -2.36. The molecule has 2 aliphatic rings. The number of nitrogens with zero attached hydrogens (tertiary/aromatic N) is 3. The van der Waals surface area contributed by atoms with E-state index in [0.717, 1.165) is 17.7 Å². The number of imide groups is 2. The van der Waals surface area contributed by atoms with Crippen molar-refractivity contribution in [1.82, 2.24) is 20.2 Å². The minimum atomic E-state index is -1.05. The summed E-state index contributed by atoms with van der Waals surface area (Å²) in [6.07, 6.45) is 5.57. The number of barbiturate groups is 1. The Morgan fingerprint density at radius 1 is 1.25 bits per heavy atom. The maximum atomic E-state index is 12.6. The second-order valence-corrected chi connectivity index (χ2v) is 5.14. The number of carbonyl (C=O) groups is 3. The standard InChI is InChI=1S/C13H14N4O3/c18-10-13(4-1-2-5-13)11(19)17(12(20)16-10)7-9-3-6-14-8-15-9/h3,6,8H,1-2,4-5,7H2,(H,16,18,20). The molecular formula is C13H14N4O3. The molecule has 104 valence electrons. The summed E-state index contributed by atoms with van der Waals surface area (Å²) in [6.45, 7) is 0.0578. The Labute approximate surface area is 115 Å². The van der Waals surface area contributed by atoms with E-state index in [2.05, 4.69) is 15.3 Å². The molecule has 1 aliphatic carbocycles. The monoisotopic (exact) mass is 274 g/mol. The zero-order chi connectivity index (χ0) is 14.2. The summed E-state index contributed by atoms with van der Waals surface area (Å²) in [6, 6.07) is 0.967. The topological polar surface area (TPSA) is 92.3 Å². The molecular weight excluding hydrogens is 260 g/mol. The number of nitrogens with one attached hydrogen (secondary N) is 1. The predicted molar refractivity (Wildman–Crippen MR) is 67.0 cm³/mol. The molecule has 2 heterocycles. The smallest absolute Gasteiger partial charge is 0.277 e. The number of urea groups is 1. The van der Waals surface area contributed by atoms with Crippen LogP contribution >= 0.6 is 0 Å². The molecule has 3 rings (SSSR count). The fraction of sp³-hybridized carbons (Fsp3) is 0.462. The molecule has 1 N–H and O–H groups in total. The predicted octanol–water partition coefficient (Wildman–Crippen LogP) is 0.615. The van der Waals surface area contributed by atoms with Crippen LogP contribution in [0.3, 0.4) is 0 Å². The number of amides is 4. The average Bonchev–Trinajstić information content (AvgIpc) is 2.94. The van der Waals surface area contributed by atoms with Crippen LogP contribution in [-0.4, -0.2) is 32.7 Å². The summed E-state index contributed by atoms with van der Waals surface area (Å²) in [7, 11) is 0. The van der Waals surface area contributed by atoms with Crippen LogP contribution in [0.4, 0.5) is 4.79 Å². The van der Waals surface area contributed by atoms with Gasteiger partial charge in [0.15, 0.2) is 0 Å². The SMILES string of the molecule is O=C1NC(=O)C2(CCCC2)C(=O)N1Cc1ccncn1. The van der Waals surface area contributed by atoms with Crippen molar-refractivity contribution in [2.45, 2.75) is 32.2 Å². The van der Waals surface area contributed by atoms with Gasteiger partial charge in [-0.1, -0.05) is 12.8 Å². The first-order chi connectivity index (χ1) is 9.63. The van der Waals surface area contributed by atoms with Crippen LogP contribution in [0.5, 0.6) is 0 Å². The summed E-state index contributed by atoms with van der Waals surface area (Å²) in [4.78, 5) is 45.4. The van der Waals surface area contributed by atoms with Gasteiger partial charge in [-0.3, -0.25) is 19.8 Å². The van der Waals surface area contributed by atoms with E-state index >= 15 is 0 Å². The highest BCUT2D eigenvalue weighted by Gasteiger charge is 2.54. The molecule has 0 radical (unpaired) electrons. The summed E-state index contributed by atoms with van der Waals surface area (Å²) in [5.41, 5.74) is -0.494. The zero-order valence-corrected chi connectivity index (χ0v) is 10.8. The average molecular weight is 274 g/mol. The fourth-order valence-corrected chi connectivity index (χ4v) is 2.87. The first-order valence-corrected chi connectivity index (χ1v) is 6.56. The first kappa shape index (κ1) is 12.7. The Hall–Kier alpha value is -2.31. The Bertz CT molecular complexity index is 566. The van der Waals surface area contributed by atoms with Gasteiger partial charge in [-0.25, -0.2) is 14.8 Å². The molecule has 20 heavy (non-hydrogen) atoms. The van der Waals surface area contributed by atoms with Crippen molar-refractivity contribution < 1.29 is 14.4 Å². The van der Waals surface area contributed by atoms with Crippen molar-refractivity contribution in [1.29, 1.82) is 0 Å². The Morgan fingerprint density at radius 3 is 2.65 bits per heavy atom. The van der Waals surface area contributed by atoms with Gasteiger partial charge in [0.2, 0.25) is 11.8 Å². The lowest BCUT2D eigenvalue weighted by molar-refractivity contribution is -0.151. The summed E-state index contributed by atoms with van der Waals surface area (Å²) in [5, 5.41) is 2.30. The molecule has 0 aromatic carbocycles. The van der Waals surface area contributed by atoms with E-state index in [1.165, 1.54) is 6.33 Å². The first-order valence-electron chi connectivity index (χ1n) is 6.56. The third-order valence-electron chi connectivity index (χ3n) is 3.98. The highest BCUT2D eigenvalue weighted by Crippen LogP contribution is 2.41. The lowest BCUT2D eigenvalue weighted by atomic mass is 9.82. The molecule has 0 bridgehead atoms. The molecule has 1 saturated carbocycles. The van der Waals surface area contributed by atoms with E-state index in [0.29, 0.717) is 18.5 Å². The van der Waals surface area contributed by atoms with Gasteiger partial charge in [-0.05, 0) is 18.9 Å². The van der Waals surface area contributed by atoms with Crippen molar-refractivity contribution in [2.24, 2.45) is 5.41 Å². The molecule has 1 spiro atoms. The molecule has 1 aliphatic heterocycles. The van der Waals surface area contributed by atoms with Crippen molar-refractivity contribution in [3.8, 4) is 0 Å². The highest BCUT2D eigenvalue weighted by atomic mass is 16.2. The summed E-state index contributed by atoms with van der Waals surface area (Å²) >= 11 is 0. The molecule has 4 amide bonds. The van der Waals surface area contributed by atoms with Gasteiger partial charge in [0, 0.05) is 6.20 Å². The third-order valence-corrected chi connectivity index (χ3v) is 3.98. The molecule has 7 heteroatoms. The zero-order valence-electron chi connectivity index (χ0n) is 10.8. The lowest BCUT2D eigenvalue weighted by Crippen LogP contribution is -2.62. The largest absolute Gasteiger partial charge is 0.331 e. The van der Waals surface area contributed by atoms with Gasteiger partial charge >= 0.3 is 6.03 Å².